The van der Waals surface area contributed by atoms with Gasteiger partial charge >= 0.3 is 0 Å². The van der Waals surface area contributed by atoms with Gasteiger partial charge in [-0.05, 0) is 43.2 Å². The first kappa shape index (κ1) is 21.8. The molecule has 3 N–H and O–H groups in total. The van der Waals surface area contributed by atoms with Crippen LogP contribution in [0.1, 0.15) is 56.9 Å². The Labute approximate surface area is 184 Å². The molecule has 2 aliphatic heterocycles. The van der Waals surface area contributed by atoms with Crippen LogP contribution < -0.4 is 15.5 Å². The van der Waals surface area contributed by atoms with Gasteiger partial charge in [0.2, 0.25) is 5.91 Å². The molecule has 7 heteroatoms. The first-order valence-corrected chi connectivity index (χ1v) is 11.5. The molecule has 0 radical (unpaired) electrons. The molecular formula is C24H34N4O3. The zero-order valence-electron chi connectivity index (χ0n) is 18.7. The van der Waals surface area contributed by atoms with Gasteiger partial charge in [0.05, 0.1) is 17.8 Å². The van der Waals surface area contributed by atoms with Crippen molar-refractivity contribution in [1.82, 2.24) is 15.8 Å². The largest absolute Gasteiger partial charge is 0.371 e. The smallest absolute Gasteiger partial charge is 0.220 e. The molecule has 31 heavy (non-hydrogen) atoms. The summed E-state index contributed by atoms with van der Waals surface area (Å²) in [6, 6.07) is 8.18. The lowest BCUT2D eigenvalue weighted by Crippen LogP contribution is -2.57. The maximum Gasteiger partial charge on any atom is 0.220 e. The molecule has 4 rings (SSSR count). The summed E-state index contributed by atoms with van der Waals surface area (Å²) in [6.07, 6.45) is 4.72. The van der Waals surface area contributed by atoms with Crippen molar-refractivity contribution in [1.29, 1.82) is 0 Å². The molecule has 1 aromatic heterocycles. The van der Waals surface area contributed by atoms with Crippen LogP contribution in [0.5, 0.6) is 0 Å². The van der Waals surface area contributed by atoms with E-state index in [1.54, 1.807) is 6.26 Å². The van der Waals surface area contributed by atoms with Crippen LogP contribution in [-0.2, 0) is 24.2 Å². The number of hydrogen-bond acceptors (Lipinski definition) is 6. The number of nitrogens with zero attached hydrogens (tertiary/aromatic N) is 2. The monoisotopic (exact) mass is 426 g/mol. The van der Waals surface area contributed by atoms with E-state index in [0.29, 0.717) is 18.9 Å². The lowest BCUT2D eigenvalue weighted by atomic mass is 9.99. The molecule has 0 saturated carbocycles. The average Bonchev–Trinajstić information content (AvgIpc) is 3.39. The van der Waals surface area contributed by atoms with Gasteiger partial charge in [-0.2, -0.15) is 0 Å². The van der Waals surface area contributed by atoms with Crippen LogP contribution in [0.4, 0.5) is 5.69 Å². The fourth-order valence-electron chi connectivity index (χ4n) is 4.84. The van der Waals surface area contributed by atoms with Crippen LogP contribution in [0.25, 0.3) is 0 Å². The van der Waals surface area contributed by atoms with E-state index in [1.165, 1.54) is 11.1 Å². The van der Waals surface area contributed by atoms with Gasteiger partial charge in [-0.1, -0.05) is 43.6 Å². The number of para-hydroxylation sites is 1. The van der Waals surface area contributed by atoms with E-state index >= 15 is 0 Å². The van der Waals surface area contributed by atoms with Gasteiger partial charge < -0.3 is 25.2 Å². The standard InChI is InChI=1S/C24H34N4O3/c1-4-15(2)12-22(29)26-20-9-8-17-6-5-7-18-13-21(28(23(17)18)24(20)30)16(3)25-14-19-10-11-31-27-19/h5-7,10-11,15-16,20-21,24-25,30H,4,8-9,12-14H2,1-3H3,(H,26,29). The van der Waals surface area contributed by atoms with Crippen molar-refractivity contribution < 1.29 is 14.4 Å². The van der Waals surface area contributed by atoms with Crippen molar-refractivity contribution >= 4 is 11.6 Å². The number of carbonyl (C=O) groups excluding carboxylic acids is 1. The van der Waals surface area contributed by atoms with Crippen LogP contribution in [0.3, 0.4) is 0 Å². The van der Waals surface area contributed by atoms with E-state index < -0.39 is 6.23 Å². The van der Waals surface area contributed by atoms with Crippen molar-refractivity contribution in [2.45, 2.75) is 83.8 Å². The van der Waals surface area contributed by atoms with Crippen LogP contribution in [0.15, 0.2) is 35.1 Å². The molecule has 168 valence electrons. The number of rotatable bonds is 8. The van der Waals surface area contributed by atoms with E-state index in [-0.39, 0.29) is 24.0 Å². The summed E-state index contributed by atoms with van der Waals surface area (Å²) >= 11 is 0. The molecule has 1 amide bonds. The highest BCUT2D eigenvalue weighted by molar-refractivity contribution is 5.77. The Morgan fingerprint density at radius 1 is 1.32 bits per heavy atom. The highest BCUT2D eigenvalue weighted by Crippen LogP contribution is 2.41. The summed E-state index contributed by atoms with van der Waals surface area (Å²) in [5, 5.41) is 22.1. The van der Waals surface area contributed by atoms with Crippen molar-refractivity contribution in [2.24, 2.45) is 5.92 Å². The van der Waals surface area contributed by atoms with Gasteiger partial charge in [0.1, 0.15) is 12.5 Å². The van der Waals surface area contributed by atoms with Crippen molar-refractivity contribution in [2.75, 3.05) is 4.90 Å². The fraction of sp³-hybridized carbons (Fsp3) is 0.583. The molecule has 0 aliphatic carbocycles. The van der Waals surface area contributed by atoms with E-state index in [4.69, 9.17) is 4.52 Å². The highest BCUT2D eigenvalue weighted by Gasteiger charge is 2.42. The Morgan fingerprint density at radius 3 is 2.87 bits per heavy atom. The second kappa shape index (κ2) is 9.40. The summed E-state index contributed by atoms with van der Waals surface area (Å²) in [5.41, 5.74) is 4.52. The maximum atomic E-state index is 12.6. The fourth-order valence-corrected chi connectivity index (χ4v) is 4.84. The normalized spacial score (nSPS) is 24.4. The molecule has 2 aliphatic rings. The van der Waals surface area contributed by atoms with Gasteiger partial charge in [-0.15, -0.1) is 0 Å². The number of amides is 1. The number of benzene rings is 1. The van der Waals surface area contributed by atoms with Crippen LogP contribution in [0, 0.1) is 5.92 Å². The highest BCUT2D eigenvalue weighted by atomic mass is 16.5. The summed E-state index contributed by atoms with van der Waals surface area (Å²) in [5.74, 6) is 0.365. The number of hydrogen-bond donors (Lipinski definition) is 3. The van der Waals surface area contributed by atoms with Crippen molar-refractivity contribution in [3.8, 4) is 0 Å². The van der Waals surface area contributed by atoms with Crippen LogP contribution >= 0.6 is 0 Å². The number of carbonyl (C=O) groups is 1. The molecule has 2 aromatic rings. The van der Waals surface area contributed by atoms with Gasteiger partial charge in [0.15, 0.2) is 0 Å². The zero-order chi connectivity index (χ0) is 22.0. The Bertz CT molecular complexity index is 885. The molecule has 1 aromatic carbocycles. The lowest BCUT2D eigenvalue weighted by Gasteiger charge is -2.38. The first-order chi connectivity index (χ1) is 15.0. The Kier molecular flexibility index (Phi) is 6.62. The summed E-state index contributed by atoms with van der Waals surface area (Å²) in [4.78, 5) is 14.7. The molecule has 5 unspecified atom stereocenters. The minimum absolute atomic E-state index is 0.0255. The van der Waals surface area contributed by atoms with Crippen molar-refractivity contribution in [3.05, 3.63) is 47.3 Å². The molecular weight excluding hydrogens is 392 g/mol. The number of anilines is 1. The number of aromatic nitrogens is 1. The molecule has 7 nitrogen and oxygen atoms in total. The van der Waals surface area contributed by atoms with E-state index in [1.807, 2.05) is 6.07 Å². The molecule has 0 spiro atoms. The van der Waals surface area contributed by atoms with Gasteiger partial charge in [0.25, 0.3) is 0 Å². The number of aliphatic hydroxyl groups excluding tert-OH is 1. The average molecular weight is 427 g/mol. The van der Waals surface area contributed by atoms with E-state index in [9.17, 15) is 9.90 Å². The SMILES string of the molecule is CCC(C)CC(=O)NC1CCc2cccc3c2N(C1O)C(C(C)NCc1ccon1)C3. The lowest BCUT2D eigenvalue weighted by molar-refractivity contribution is -0.123. The molecule has 3 heterocycles. The maximum absolute atomic E-state index is 12.6. The van der Waals surface area contributed by atoms with Crippen molar-refractivity contribution in [3.63, 3.8) is 0 Å². The van der Waals surface area contributed by atoms with E-state index in [2.05, 4.69) is 59.7 Å². The first-order valence-electron chi connectivity index (χ1n) is 11.5. The molecule has 5 atom stereocenters. The second-order valence-electron chi connectivity index (χ2n) is 9.11. The minimum atomic E-state index is -0.757. The zero-order valence-corrected chi connectivity index (χ0v) is 18.7. The summed E-state index contributed by atoms with van der Waals surface area (Å²) < 4.78 is 4.93. The topological polar surface area (TPSA) is 90.6 Å². The Balaban J connectivity index is 1.53. The minimum Gasteiger partial charge on any atom is -0.371 e. The third kappa shape index (κ3) is 4.62. The van der Waals surface area contributed by atoms with Gasteiger partial charge in [0, 0.05) is 30.8 Å². The molecule has 0 saturated heterocycles. The van der Waals surface area contributed by atoms with Crippen LogP contribution in [0.2, 0.25) is 0 Å². The quantitative estimate of drug-likeness (QED) is 0.601. The second-order valence-corrected chi connectivity index (χ2v) is 9.11. The number of aryl methyl sites for hydroxylation is 1. The third-order valence-corrected chi connectivity index (χ3v) is 6.87. The Morgan fingerprint density at radius 2 is 2.13 bits per heavy atom. The predicted molar refractivity (Wildman–Crippen MR) is 120 cm³/mol. The Hall–Kier alpha value is -2.38. The van der Waals surface area contributed by atoms with Gasteiger partial charge in [-0.25, -0.2) is 0 Å². The number of aliphatic hydroxyl groups is 1. The third-order valence-electron chi connectivity index (χ3n) is 6.87. The molecule has 0 fully saturated rings. The summed E-state index contributed by atoms with van der Waals surface area (Å²) in [6.45, 7) is 6.93. The number of nitrogens with one attached hydrogen (secondary N) is 2. The molecule has 0 bridgehead atoms. The van der Waals surface area contributed by atoms with Gasteiger partial charge in [-0.3, -0.25) is 4.79 Å². The van der Waals surface area contributed by atoms with Crippen LogP contribution in [-0.4, -0.2) is 40.5 Å². The predicted octanol–water partition coefficient (Wildman–Crippen LogP) is 2.77. The summed E-state index contributed by atoms with van der Waals surface area (Å²) in [7, 11) is 0. The van der Waals surface area contributed by atoms with E-state index in [0.717, 1.165) is 37.1 Å².